The fraction of sp³-hybridized carbons (Fsp3) is 0.556. The van der Waals surface area contributed by atoms with E-state index in [0.29, 0.717) is 18.4 Å². The number of urea groups is 1. The molecule has 1 aromatic heterocycles. The number of rotatable bonds is 3. The summed E-state index contributed by atoms with van der Waals surface area (Å²) >= 11 is 0. The summed E-state index contributed by atoms with van der Waals surface area (Å²) in [5.41, 5.74) is 1.12. The minimum atomic E-state index is -0.538. The lowest BCUT2D eigenvalue weighted by Gasteiger charge is -2.32. The van der Waals surface area contributed by atoms with Gasteiger partial charge in [0.2, 0.25) is 11.9 Å². The molecule has 0 bridgehead atoms. The topological polar surface area (TPSA) is 61.8 Å². The molecule has 0 radical (unpaired) electrons. The summed E-state index contributed by atoms with van der Waals surface area (Å²) < 4.78 is 4.19. The molecule has 3 aliphatic rings. The predicted octanol–water partition coefficient (Wildman–Crippen LogP) is 2.25. The molecule has 4 rings (SSSR count). The third kappa shape index (κ3) is 2.25. The number of imidazole rings is 1. The third-order valence-corrected chi connectivity index (χ3v) is 5.46. The number of aliphatic imine (C=N–C) groups is 1. The van der Waals surface area contributed by atoms with Crippen LogP contribution in [0.2, 0.25) is 0 Å². The third-order valence-electron chi connectivity index (χ3n) is 5.46. The number of hydrogen-bond acceptors (Lipinski definition) is 3. The summed E-state index contributed by atoms with van der Waals surface area (Å²) in [7, 11) is 1.70. The number of fused-ring (bicyclic) bond motifs is 3. The van der Waals surface area contributed by atoms with E-state index < -0.39 is 6.04 Å². The van der Waals surface area contributed by atoms with E-state index in [-0.39, 0.29) is 11.9 Å². The Morgan fingerprint density at radius 1 is 1.32 bits per heavy atom. The molecule has 1 aliphatic carbocycles. The second kappa shape index (κ2) is 5.82. The van der Waals surface area contributed by atoms with Gasteiger partial charge in [-0.3, -0.25) is 14.6 Å². The molecule has 25 heavy (non-hydrogen) atoms. The fourth-order valence-electron chi connectivity index (χ4n) is 4.19. The Morgan fingerprint density at radius 2 is 2.04 bits per heavy atom. The van der Waals surface area contributed by atoms with Crippen LogP contribution in [-0.4, -0.2) is 45.7 Å². The molecular weight excluding hydrogens is 318 g/mol. The lowest BCUT2D eigenvalue weighted by atomic mass is 10.1. The van der Waals surface area contributed by atoms with Gasteiger partial charge in [0.15, 0.2) is 0 Å². The summed E-state index contributed by atoms with van der Waals surface area (Å²) in [6.07, 6.45) is 10.4. The monoisotopic (exact) mass is 342 g/mol. The minimum absolute atomic E-state index is 0.202. The number of imide groups is 1. The molecular formula is C18H24N5O2+. The number of allylic oxidation sites excluding steroid dienone is 1. The fourth-order valence-corrected chi connectivity index (χ4v) is 4.19. The Bertz CT molecular complexity index is 801. The molecule has 7 heteroatoms. The van der Waals surface area contributed by atoms with E-state index in [0.717, 1.165) is 24.5 Å². The maximum atomic E-state index is 13.0. The number of carbonyl (C=O) groups excluding carboxylic acids is 2. The van der Waals surface area contributed by atoms with Gasteiger partial charge in [0, 0.05) is 13.6 Å². The molecule has 1 unspecified atom stereocenters. The largest absolute Gasteiger partial charge is 0.402 e. The first-order valence-electron chi connectivity index (χ1n) is 8.96. The maximum absolute atomic E-state index is 13.0. The number of aryl methyl sites for hydroxylation is 1. The quantitative estimate of drug-likeness (QED) is 0.625. The molecule has 0 spiro atoms. The van der Waals surface area contributed by atoms with Gasteiger partial charge < -0.3 is 0 Å². The standard InChI is InChI=1S/C18H24N5O2/c1-4-5-10-21-16(24)14-15(20(3)18(21)25)19-17-22(14)11-12(2)23(17)13-8-6-7-9-13/h4-5,11,13-14H,6-10H2,1-3H3/q+1/b5-4+. The minimum Gasteiger partial charge on any atom is -0.270 e. The SMILES string of the molecule is C/C=C/CN1C(=O)C2C(=Nc3n(C4CCCC4)c(C)c[n+]32)N(C)C1=O. The van der Waals surface area contributed by atoms with Crippen LogP contribution < -0.4 is 4.57 Å². The number of carbonyl (C=O) groups is 2. The molecule has 1 atom stereocenters. The second-order valence-corrected chi connectivity index (χ2v) is 7.02. The zero-order chi connectivity index (χ0) is 17.7. The van der Waals surface area contributed by atoms with E-state index in [2.05, 4.69) is 11.5 Å². The molecule has 3 amide bonds. The highest BCUT2D eigenvalue weighted by atomic mass is 16.2. The average Bonchev–Trinajstić information content (AvgIpc) is 3.28. The van der Waals surface area contributed by atoms with E-state index in [1.165, 1.54) is 22.6 Å². The average molecular weight is 342 g/mol. The van der Waals surface area contributed by atoms with Gasteiger partial charge in [0.05, 0.1) is 6.04 Å². The van der Waals surface area contributed by atoms with E-state index >= 15 is 0 Å². The van der Waals surface area contributed by atoms with Crippen LogP contribution in [0.1, 0.15) is 50.4 Å². The van der Waals surface area contributed by atoms with Gasteiger partial charge in [-0.15, -0.1) is 0 Å². The molecule has 3 heterocycles. The van der Waals surface area contributed by atoms with Crippen LogP contribution in [0.25, 0.3) is 0 Å². The van der Waals surface area contributed by atoms with Crippen molar-refractivity contribution in [3.63, 3.8) is 0 Å². The normalized spacial score (nSPS) is 23.6. The number of amidine groups is 1. The van der Waals surface area contributed by atoms with Crippen molar-refractivity contribution in [1.82, 2.24) is 14.4 Å². The highest BCUT2D eigenvalue weighted by Crippen LogP contribution is 2.36. The van der Waals surface area contributed by atoms with Crippen LogP contribution >= 0.6 is 0 Å². The van der Waals surface area contributed by atoms with Crippen molar-refractivity contribution in [2.24, 2.45) is 4.99 Å². The van der Waals surface area contributed by atoms with E-state index in [4.69, 9.17) is 4.99 Å². The molecule has 2 fully saturated rings. The van der Waals surface area contributed by atoms with Crippen LogP contribution in [0, 0.1) is 6.92 Å². The van der Waals surface area contributed by atoms with Crippen molar-refractivity contribution in [2.45, 2.75) is 51.6 Å². The van der Waals surface area contributed by atoms with E-state index in [1.807, 2.05) is 29.8 Å². The summed E-state index contributed by atoms with van der Waals surface area (Å²) in [5.74, 6) is 1.13. The van der Waals surface area contributed by atoms with Crippen LogP contribution in [0.5, 0.6) is 0 Å². The Labute approximate surface area is 147 Å². The molecule has 2 aliphatic heterocycles. The first-order valence-corrected chi connectivity index (χ1v) is 8.96. The van der Waals surface area contributed by atoms with E-state index in [1.54, 1.807) is 7.05 Å². The molecule has 7 nitrogen and oxygen atoms in total. The van der Waals surface area contributed by atoms with Crippen LogP contribution in [0.3, 0.4) is 0 Å². The van der Waals surface area contributed by atoms with Crippen LogP contribution in [0.4, 0.5) is 10.7 Å². The van der Waals surface area contributed by atoms with E-state index in [9.17, 15) is 9.59 Å². The number of likely N-dealkylation sites (N-methyl/N-ethyl adjacent to an activating group) is 1. The summed E-state index contributed by atoms with van der Waals surface area (Å²) in [6, 6.07) is -0.409. The zero-order valence-corrected chi connectivity index (χ0v) is 15.0. The first-order chi connectivity index (χ1) is 12.0. The Kier molecular flexibility index (Phi) is 3.74. The van der Waals surface area contributed by atoms with Gasteiger partial charge in [-0.25, -0.2) is 13.9 Å². The molecule has 0 N–H and O–H groups in total. The van der Waals surface area contributed by atoms with Crippen molar-refractivity contribution < 1.29 is 14.2 Å². The Hall–Kier alpha value is -2.44. The van der Waals surface area contributed by atoms with Crippen molar-refractivity contribution >= 4 is 23.7 Å². The van der Waals surface area contributed by atoms with Gasteiger partial charge in [-0.05, 0) is 39.5 Å². The second-order valence-electron chi connectivity index (χ2n) is 7.02. The maximum Gasteiger partial charge on any atom is 0.402 e. The zero-order valence-electron chi connectivity index (χ0n) is 15.0. The Balaban J connectivity index is 1.77. The van der Waals surface area contributed by atoms with Gasteiger partial charge in [0.25, 0.3) is 5.91 Å². The van der Waals surface area contributed by atoms with Gasteiger partial charge in [-0.2, -0.15) is 0 Å². The number of nitrogens with zero attached hydrogens (tertiary/aromatic N) is 5. The molecule has 1 saturated heterocycles. The smallest absolute Gasteiger partial charge is 0.270 e. The first kappa shape index (κ1) is 16.1. The van der Waals surface area contributed by atoms with Gasteiger partial charge in [0.1, 0.15) is 11.9 Å². The Morgan fingerprint density at radius 3 is 2.72 bits per heavy atom. The lowest BCUT2D eigenvalue weighted by molar-refractivity contribution is -0.677. The number of hydrogen-bond donors (Lipinski definition) is 0. The highest BCUT2D eigenvalue weighted by Gasteiger charge is 2.53. The molecule has 1 aromatic rings. The van der Waals surface area contributed by atoms with Crippen molar-refractivity contribution in [2.75, 3.05) is 13.6 Å². The molecule has 132 valence electrons. The number of amides is 3. The van der Waals surface area contributed by atoms with Crippen LogP contribution in [-0.2, 0) is 4.79 Å². The van der Waals surface area contributed by atoms with Crippen molar-refractivity contribution in [1.29, 1.82) is 0 Å². The van der Waals surface area contributed by atoms with Gasteiger partial charge in [-0.1, -0.05) is 17.1 Å². The molecule has 1 saturated carbocycles. The van der Waals surface area contributed by atoms with Crippen LogP contribution in [0.15, 0.2) is 23.3 Å². The summed E-state index contributed by atoms with van der Waals surface area (Å²) in [5, 5.41) is 0. The lowest BCUT2D eigenvalue weighted by Crippen LogP contribution is -2.62. The van der Waals surface area contributed by atoms with Gasteiger partial charge >= 0.3 is 12.0 Å². The summed E-state index contributed by atoms with van der Waals surface area (Å²) in [6.45, 7) is 4.24. The van der Waals surface area contributed by atoms with Crippen molar-refractivity contribution in [3.8, 4) is 0 Å². The molecule has 0 aromatic carbocycles. The highest BCUT2D eigenvalue weighted by molar-refractivity contribution is 6.19. The number of aromatic nitrogens is 2. The summed E-state index contributed by atoms with van der Waals surface area (Å²) in [4.78, 5) is 33.1. The predicted molar refractivity (Wildman–Crippen MR) is 92.7 cm³/mol. The van der Waals surface area contributed by atoms with Crippen molar-refractivity contribution in [3.05, 3.63) is 24.0 Å².